The molecule has 3 N–H and O–H groups in total. The van der Waals surface area contributed by atoms with Crippen LogP contribution in [-0.4, -0.2) is 35.3 Å². The second-order valence-electron chi connectivity index (χ2n) is 4.23. The highest BCUT2D eigenvalue weighted by molar-refractivity contribution is 5.92. The molecule has 0 aliphatic heterocycles. The Bertz CT molecular complexity index is 462. The Kier molecular flexibility index (Phi) is 5.17. The van der Waals surface area contributed by atoms with Crippen LogP contribution in [0.4, 0.5) is 10.5 Å². The highest BCUT2D eigenvalue weighted by atomic mass is 16.4. The monoisotopic (exact) mass is 266 g/mol. The average Bonchev–Trinajstić information content (AvgIpc) is 2.36. The summed E-state index contributed by atoms with van der Waals surface area (Å²) in [6.45, 7) is 1.81. The fraction of sp³-hybridized carbons (Fsp3) is 0.385. The van der Waals surface area contributed by atoms with Gasteiger partial charge in [0.1, 0.15) is 5.75 Å². The molecule has 1 aromatic carbocycles. The van der Waals surface area contributed by atoms with Gasteiger partial charge in [0, 0.05) is 24.8 Å². The molecule has 0 saturated heterocycles. The van der Waals surface area contributed by atoms with Crippen LogP contribution in [0.5, 0.6) is 5.75 Å². The molecule has 6 heteroatoms. The maximum absolute atomic E-state index is 11.9. The number of phenols is 1. The summed E-state index contributed by atoms with van der Waals surface area (Å²) in [4.78, 5) is 23.9. The minimum Gasteiger partial charge on any atom is -0.508 e. The standard InChI is InChI=1S/C13H18N2O4/c1-3-9(7-12(17)18)14-13(19)15(2)10-5-4-6-11(16)8-10/h4-6,8-9,16H,3,7H2,1-2H3,(H,14,19)(H,17,18). The van der Waals surface area contributed by atoms with Crippen molar-refractivity contribution in [2.45, 2.75) is 25.8 Å². The predicted molar refractivity (Wildman–Crippen MR) is 71.4 cm³/mol. The van der Waals surface area contributed by atoms with Gasteiger partial charge in [-0.1, -0.05) is 13.0 Å². The van der Waals surface area contributed by atoms with E-state index in [9.17, 15) is 14.7 Å². The van der Waals surface area contributed by atoms with Gasteiger partial charge in [0.15, 0.2) is 0 Å². The number of aliphatic carboxylic acids is 1. The van der Waals surface area contributed by atoms with Gasteiger partial charge in [-0.25, -0.2) is 4.79 Å². The molecule has 0 aliphatic rings. The minimum absolute atomic E-state index is 0.0646. The zero-order valence-corrected chi connectivity index (χ0v) is 11.0. The van der Waals surface area contributed by atoms with Gasteiger partial charge in [-0.3, -0.25) is 9.69 Å². The van der Waals surface area contributed by atoms with Crippen LogP contribution in [0.15, 0.2) is 24.3 Å². The molecule has 19 heavy (non-hydrogen) atoms. The first-order valence-corrected chi connectivity index (χ1v) is 5.99. The number of amides is 2. The molecule has 1 rings (SSSR count). The van der Waals surface area contributed by atoms with Crippen molar-refractivity contribution < 1.29 is 19.8 Å². The SMILES string of the molecule is CCC(CC(=O)O)NC(=O)N(C)c1cccc(O)c1. The van der Waals surface area contributed by atoms with E-state index in [2.05, 4.69) is 5.32 Å². The van der Waals surface area contributed by atoms with Crippen molar-refractivity contribution in [3.8, 4) is 5.75 Å². The van der Waals surface area contributed by atoms with Gasteiger partial charge in [0.05, 0.1) is 6.42 Å². The number of nitrogens with zero attached hydrogens (tertiary/aromatic N) is 1. The molecule has 0 heterocycles. The summed E-state index contributed by atoms with van der Waals surface area (Å²) < 4.78 is 0. The Morgan fingerprint density at radius 2 is 2.11 bits per heavy atom. The van der Waals surface area contributed by atoms with Crippen LogP contribution in [0.3, 0.4) is 0 Å². The van der Waals surface area contributed by atoms with Crippen LogP contribution < -0.4 is 10.2 Å². The topological polar surface area (TPSA) is 89.9 Å². The average molecular weight is 266 g/mol. The smallest absolute Gasteiger partial charge is 0.321 e. The zero-order valence-electron chi connectivity index (χ0n) is 11.0. The van der Waals surface area contributed by atoms with Crippen molar-refractivity contribution in [3.05, 3.63) is 24.3 Å². The number of carbonyl (C=O) groups excluding carboxylic acids is 1. The van der Waals surface area contributed by atoms with Crippen molar-refractivity contribution >= 4 is 17.7 Å². The number of carboxylic acids is 1. The van der Waals surface area contributed by atoms with Crippen LogP contribution in [0, 0.1) is 0 Å². The Hall–Kier alpha value is -2.24. The van der Waals surface area contributed by atoms with Gasteiger partial charge in [-0.15, -0.1) is 0 Å². The van der Waals surface area contributed by atoms with Crippen molar-refractivity contribution in [1.29, 1.82) is 0 Å². The van der Waals surface area contributed by atoms with Gasteiger partial charge in [-0.05, 0) is 18.6 Å². The first kappa shape index (κ1) is 14.8. The van der Waals surface area contributed by atoms with Gasteiger partial charge < -0.3 is 15.5 Å². The molecule has 1 unspecified atom stereocenters. The quantitative estimate of drug-likeness (QED) is 0.758. The normalized spacial score (nSPS) is 11.7. The number of carboxylic acid groups (broad SMARTS) is 1. The molecule has 1 atom stereocenters. The maximum Gasteiger partial charge on any atom is 0.321 e. The lowest BCUT2D eigenvalue weighted by molar-refractivity contribution is -0.137. The summed E-state index contributed by atoms with van der Waals surface area (Å²) in [5, 5.41) is 20.7. The van der Waals surface area contributed by atoms with E-state index in [1.54, 1.807) is 19.2 Å². The van der Waals surface area contributed by atoms with Gasteiger partial charge in [-0.2, -0.15) is 0 Å². The van der Waals surface area contributed by atoms with Crippen molar-refractivity contribution in [1.82, 2.24) is 5.32 Å². The van der Waals surface area contributed by atoms with E-state index in [0.29, 0.717) is 12.1 Å². The number of hydrogen-bond acceptors (Lipinski definition) is 3. The van der Waals surface area contributed by atoms with E-state index < -0.39 is 18.0 Å². The number of hydrogen-bond donors (Lipinski definition) is 3. The summed E-state index contributed by atoms with van der Waals surface area (Å²) in [6.07, 6.45) is 0.419. The molecule has 0 saturated carbocycles. The van der Waals surface area contributed by atoms with E-state index in [-0.39, 0.29) is 12.2 Å². The van der Waals surface area contributed by atoms with Gasteiger partial charge in [0.2, 0.25) is 0 Å². The molecule has 104 valence electrons. The molecule has 0 aliphatic carbocycles. The lowest BCUT2D eigenvalue weighted by atomic mass is 10.1. The highest BCUT2D eigenvalue weighted by Gasteiger charge is 2.17. The largest absolute Gasteiger partial charge is 0.508 e. The lowest BCUT2D eigenvalue weighted by Gasteiger charge is -2.22. The Labute approximate surface area is 111 Å². The Morgan fingerprint density at radius 3 is 2.63 bits per heavy atom. The molecule has 0 bridgehead atoms. The zero-order chi connectivity index (χ0) is 14.4. The van der Waals surface area contributed by atoms with E-state index >= 15 is 0 Å². The molecule has 2 amide bonds. The second kappa shape index (κ2) is 6.63. The number of benzene rings is 1. The molecule has 0 radical (unpaired) electrons. The fourth-order valence-corrected chi connectivity index (χ4v) is 1.60. The van der Waals surface area contributed by atoms with E-state index in [4.69, 9.17) is 5.11 Å². The van der Waals surface area contributed by atoms with E-state index in [1.165, 1.54) is 17.0 Å². The third-order valence-corrected chi connectivity index (χ3v) is 2.76. The highest BCUT2D eigenvalue weighted by Crippen LogP contribution is 2.19. The number of nitrogens with one attached hydrogen (secondary N) is 1. The van der Waals surface area contributed by atoms with Crippen molar-refractivity contribution in [3.63, 3.8) is 0 Å². The van der Waals surface area contributed by atoms with Crippen LogP contribution in [0.1, 0.15) is 19.8 Å². The third kappa shape index (κ3) is 4.50. The molecule has 1 aromatic rings. The molecular weight excluding hydrogens is 248 g/mol. The van der Waals surface area contributed by atoms with Crippen LogP contribution >= 0.6 is 0 Å². The van der Waals surface area contributed by atoms with Crippen molar-refractivity contribution in [2.24, 2.45) is 0 Å². The summed E-state index contributed by atoms with van der Waals surface area (Å²) in [5.74, 6) is -0.887. The van der Waals surface area contributed by atoms with Crippen LogP contribution in [-0.2, 0) is 4.79 Å². The Morgan fingerprint density at radius 1 is 1.42 bits per heavy atom. The molecule has 6 nitrogen and oxygen atoms in total. The number of anilines is 1. The molecule has 0 fully saturated rings. The number of phenolic OH excluding ortho intramolecular Hbond substituents is 1. The van der Waals surface area contributed by atoms with Crippen molar-refractivity contribution in [2.75, 3.05) is 11.9 Å². The minimum atomic E-state index is -0.952. The first-order chi connectivity index (χ1) is 8.93. The number of aromatic hydroxyl groups is 1. The predicted octanol–water partition coefficient (Wildman–Crippen LogP) is 1.79. The van der Waals surface area contributed by atoms with Gasteiger partial charge in [0.25, 0.3) is 0 Å². The molecule has 0 aromatic heterocycles. The number of urea groups is 1. The molecular formula is C13H18N2O4. The second-order valence-corrected chi connectivity index (χ2v) is 4.23. The number of carbonyl (C=O) groups is 2. The lowest BCUT2D eigenvalue weighted by Crippen LogP contribution is -2.43. The number of rotatable bonds is 5. The summed E-state index contributed by atoms with van der Waals surface area (Å²) in [5.41, 5.74) is 0.530. The van der Waals surface area contributed by atoms with Crippen LogP contribution in [0.25, 0.3) is 0 Å². The van der Waals surface area contributed by atoms with Gasteiger partial charge >= 0.3 is 12.0 Å². The van der Waals surface area contributed by atoms with E-state index in [0.717, 1.165) is 0 Å². The summed E-state index contributed by atoms with van der Waals surface area (Å²) in [7, 11) is 1.55. The Balaban J connectivity index is 2.69. The first-order valence-electron chi connectivity index (χ1n) is 5.99. The summed E-state index contributed by atoms with van der Waals surface area (Å²) in [6, 6.07) is 5.45. The van der Waals surface area contributed by atoms with Crippen LogP contribution in [0.2, 0.25) is 0 Å². The summed E-state index contributed by atoms with van der Waals surface area (Å²) >= 11 is 0. The fourth-order valence-electron chi connectivity index (χ4n) is 1.60. The maximum atomic E-state index is 11.9. The van der Waals surface area contributed by atoms with E-state index in [1.807, 2.05) is 6.92 Å². The third-order valence-electron chi connectivity index (χ3n) is 2.76. The molecule has 0 spiro atoms.